The smallest absolute Gasteiger partial charge is 0.119 e. The van der Waals surface area contributed by atoms with E-state index in [2.05, 4.69) is 24.6 Å². The molecule has 0 amide bonds. The van der Waals surface area contributed by atoms with Crippen molar-refractivity contribution in [1.29, 1.82) is 0 Å². The average Bonchev–Trinajstić information content (AvgIpc) is 1.79. The molecule has 0 aromatic carbocycles. The van der Waals surface area contributed by atoms with E-state index in [4.69, 9.17) is 4.84 Å². The zero-order chi connectivity index (χ0) is 7.98. The van der Waals surface area contributed by atoms with Gasteiger partial charge in [0.1, 0.15) is 6.73 Å². The second kappa shape index (κ2) is 5.65. The van der Waals surface area contributed by atoms with Gasteiger partial charge in [0.25, 0.3) is 0 Å². The Kier molecular flexibility index (Phi) is 5.58. The Morgan fingerprint density at radius 2 is 1.70 bits per heavy atom. The molecule has 0 aliphatic rings. The average molecular weight is 146 g/mol. The lowest BCUT2D eigenvalue weighted by molar-refractivity contribution is 0.00924. The largest absolute Gasteiger partial charge is 0.291 e. The van der Waals surface area contributed by atoms with Gasteiger partial charge in [0.05, 0.1) is 0 Å². The molecule has 3 heteroatoms. The van der Waals surface area contributed by atoms with Gasteiger partial charge in [0, 0.05) is 12.1 Å². The van der Waals surface area contributed by atoms with Gasteiger partial charge >= 0.3 is 0 Å². The van der Waals surface area contributed by atoms with Crippen molar-refractivity contribution in [3.63, 3.8) is 0 Å². The molecule has 0 aromatic heterocycles. The fourth-order valence-electron chi connectivity index (χ4n) is 0.417. The second-order valence-electron chi connectivity index (χ2n) is 2.92. The number of hydroxylamine groups is 1. The van der Waals surface area contributed by atoms with E-state index in [1.54, 1.807) is 0 Å². The fourth-order valence-corrected chi connectivity index (χ4v) is 0.417. The van der Waals surface area contributed by atoms with Crippen LogP contribution < -0.4 is 10.8 Å². The van der Waals surface area contributed by atoms with Crippen molar-refractivity contribution in [3.8, 4) is 0 Å². The van der Waals surface area contributed by atoms with Crippen molar-refractivity contribution >= 4 is 0 Å². The minimum Gasteiger partial charge on any atom is -0.291 e. The van der Waals surface area contributed by atoms with Gasteiger partial charge in [-0.2, -0.15) is 5.48 Å². The van der Waals surface area contributed by atoms with E-state index in [-0.39, 0.29) is 0 Å². The normalized spacial score (nSPS) is 11.4. The Hall–Kier alpha value is -0.120. The van der Waals surface area contributed by atoms with Crippen LogP contribution in [0.5, 0.6) is 0 Å². The van der Waals surface area contributed by atoms with Crippen molar-refractivity contribution in [3.05, 3.63) is 0 Å². The first-order chi connectivity index (χ1) is 4.63. The molecule has 0 saturated heterocycles. The van der Waals surface area contributed by atoms with E-state index in [0.717, 1.165) is 0 Å². The summed E-state index contributed by atoms with van der Waals surface area (Å²) in [5.41, 5.74) is 2.84. The highest BCUT2D eigenvalue weighted by Gasteiger charge is 1.92. The SMILES string of the molecule is CC(C)NCONC(C)C. The second-order valence-corrected chi connectivity index (χ2v) is 2.92. The minimum absolute atomic E-state index is 0.383. The molecule has 0 bridgehead atoms. The predicted octanol–water partition coefficient (Wildman–Crippen LogP) is 0.871. The van der Waals surface area contributed by atoms with Crippen molar-refractivity contribution in [2.45, 2.75) is 39.8 Å². The van der Waals surface area contributed by atoms with Crippen LogP contribution in [0.4, 0.5) is 0 Å². The molecule has 0 fully saturated rings. The molecule has 0 radical (unpaired) electrons. The monoisotopic (exact) mass is 146 g/mol. The lowest BCUT2D eigenvalue weighted by Crippen LogP contribution is -2.32. The molecule has 0 unspecified atom stereocenters. The summed E-state index contributed by atoms with van der Waals surface area (Å²) in [6, 6.07) is 0.864. The van der Waals surface area contributed by atoms with Gasteiger partial charge in [0.2, 0.25) is 0 Å². The molecule has 0 aromatic rings. The minimum atomic E-state index is 0.383. The molecular weight excluding hydrogens is 128 g/mol. The molecule has 0 spiro atoms. The van der Waals surface area contributed by atoms with Crippen molar-refractivity contribution in [2.24, 2.45) is 0 Å². The topological polar surface area (TPSA) is 33.3 Å². The molecule has 0 saturated carbocycles. The lowest BCUT2D eigenvalue weighted by Gasteiger charge is -2.11. The Morgan fingerprint density at radius 1 is 1.10 bits per heavy atom. The maximum atomic E-state index is 5.04. The third kappa shape index (κ3) is 7.88. The molecule has 2 N–H and O–H groups in total. The van der Waals surface area contributed by atoms with Crippen LogP contribution >= 0.6 is 0 Å². The first-order valence-corrected chi connectivity index (χ1v) is 3.73. The molecule has 0 heterocycles. The maximum absolute atomic E-state index is 5.04. The van der Waals surface area contributed by atoms with Gasteiger partial charge in [-0.15, -0.1) is 0 Å². The summed E-state index contributed by atoms with van der Waals surface area (Å²) in [6.45, 7) is 8.80. The van der Waals surface area contributed by atoms with Crippen LogP contribution in [0.1, 0.15) is 27.7 Å². The summed E-state index contributed by atoms with van der Waals surface area (Å²) in [4.78, 5) is 5.04. The third-order valence-corrected chi connectivity index (χ3v) is 0.883. The van der Waals surface area contributed by atoms with Gasteiger partial charge in [-0.1, -0.05) is 0 Å². The Bertz CT molecular complexity index is 64.0. The van der Waals surface area contributed by atoms with E-state index in [9.17, 15) is 0 Å². The summed E-state index contributed by atoms with van der Waals surface area (Å²) in [7, 11) is 0. The molecule has 0 aliphatic heterocycles. The van der Waals surface area contributed by atoms with Gasteiger partial charge in [-0.3, -0.25) is 10.2 Å². The Balaban J connectivity index is 2.91. The van der Waals surface area contributed by atoms with E-state index in [1.807, 2.05) is 13.8 Å². The quantitative estimate of drug-likeness (QED) is 0.343. The van der Waals surface area contributed by atoms with Crippen LogP contribution in [0.15, 0.2) is 0 Å². The van der Waals surface area contributed by atoms with Gasteiger partial charge < -0.3 is 0 Å². The van der Waals surface area contributed by atoms with Crippen LogP contribution in [-0.4, -0.2) is 18.8 Å². The van der Waals surface area contributed by atoms with E-state index < -0.39 is 0 Å². The highest BCUT2D eigenvalue weighted by Crippen LogP contribution is 1.77. The first kappa shape index (κ1) is 9.88. The first-order valence-electron chi connectivity index (χ1n) is 3.73. The van der Waals surface area contributed by atoms with Crippen LogP contribution in [0.25, 0.3) is 0 Å². The van der Waals surface area contributed by atoms with Crippen LogP contribution in [-0.2, 0) is 4.84 Å². The van der Waals surface area contributed by atoms with Gasteiger partial charge in [-0.25, -0.2) is 0 Å². The molecule has 10 heavy (non-hydrogen) atoms. The lowest BCUT2D eigenvalue weighted by atomic mass is 10.4. The summed E-state index contributed by atoms with van der Waals surface area (Å²) < 4.78 is 0. The summed E-state index contributed by atoms with van der Waals surface area (Å²) in [5.74, 6) is 0. The van der Waals surface area contributed by atoms with Crippen molar-refractivity contribution < 1.29 is 4.84 Å². The number of hydrogen-bond donors (Lipinski definition) is 2. The fraction of sp³-hybridized carbons (Fsp3) is 1.00. The van der Waals surface area contributed by atoms with E-state index in [1.165, 1.54) is 0 Å². The van der Waals surface area contributed by atoms with Gasteiger partial charge in [0.15, 0.2) is 0 Å². The summed E-state index contributed by atoms with van der Waals surface area (Å²) >= 11 is 0. The summed E-state index contributed by atoms with van der Waals surface area (Å²) in [5, 5.41) is 3.12. The molecule has 0 atom stereocenters. The van der Waals surface area contributed by atoms with Crippen molar-refractivity contribution in [1.82, 2.24) is 10.8 Å². The van der Waals surface area contributed by atoms with Crippen LogP contribution in [0, 0.1) is 0 Å². The highest BCUT2D eigenvalue weighted by molar-refractivity contribution is 4.45. The maximum Gasteiger partial charge on any atom is 0.119 e. The van der Waals surface area contributed by atoms with Crippen molar-refractivity contribution in [2.75, 3.05) is 6.73 Å². The number of nitrogens with one attached hydrogen (secondary N) is 2. The predicted molar refractivity (Wildman–Crippen MR) is 42.5 cm³/mol. The molecule has 0 rings (SSSR count). The Morgan fingerprint density at radius 3 is 2.10 bits per heavy atom. The van der Waals surface area contributed by atoms with Gasteiger partial charge in [-0.05, 0) is 27.7 Å². The third-order valence-electron chi connectivity index (χ3n) is 0.883. The van der Waals surface area contributed by atoms with Crippen LogP contribution in [0.3, 0.4) is 0 Å². The van der Waals surface area contributed by atoms with Crippen LogP contribution in [0.2, 0.25) is 0 Å². The highest BCUT2D eigenvalue weighted by atomic mass is 16.7. The summed E-state index contributed by atoms with van der Waals surface area (Å²) in [6.07, 6.45) is 0. The molecule has 0 aliphatic carbocycles. The zero-order valence-corrected chi connectivity index (χ0v) is 7.27. The van der Waals surface area contributed by atoms with E-state index in [0.29, 0.717) is 18.8 Å². The van der Waals surface area contributed by atoms with E-state index >= 15 is 0 Å². The number of hydrogen-bond acceptors (Lipinski definition) is 3. The zero-order valence-electron chi connectivity index (χ0n) is 7.27. The molecule has 62 valence electrons. The standard InChI is InChI=1S/C7H18N2O/c1-6(2)8-5-10-9-7(3)4/h6-9H,5H2,1-4H3. The molecular formula is C7H18N2O. The molecule has 3 nitrogen and oxygen atoms in total. The Labute approximate surface area is 63.1 Å². The number of rotatable bonds is 5.